The highest BCUT2D eigenvalue weighted by Crippen LogP contribution is 2.25. The quantitative estimate of drug-likeness (QED) is 0.665. The minimum absolute atomic E-state index is 0.556. The molecule has 0 aliphatic heterocycles. The van der Waals surface area contributed by atoms with Crippen molar-refractivity contribution in [2.24, 2.45) is 5.92 Å². The van der Waals surface area contributed by atoms with E-state index >= 15 is 0 Å². The molecule has 0 unspecified atom stereocenters. The van der Waals surface area contributed by atoms with Gasteiger partial charge in [-0.05, 0) is 48.2 Å². The van der Waals surface area contributed by atoms with Gasteiger partial charge < -0.3 is 10.1 Å². The smallest absolute Gasteiger partial charge is 0.119 e. The minimum atomic E-state index is 0.556. The lowest BCUT2D eigenvalue weighted by molar-refractivity contribution is 0.289. The molecule has 4 heteroatoms. The standard InChI is InChI=1S/C18H21Cl2NO/c1-13(2)9-10-22-16-6-3-14(4-7-16)12-21-15-5-8-17(19)18(20)11-15/h3-8,11,13,21H,9-10,12H2,1-2H3. The Balaban J connectivity index is 1.84. The molecule has 0 aromatic heterocycles. The summed E-state index contributed by atoms with van der Waals surface area (Å²) in [5, 5.41) is 4.44. The molecule has 22 heavy (non-hydrogen) atoms. The van der Waals surface area contributed by atoms with Crippen LogP contribution in [0.4, 0.5) is 5.69 Å². The van der Waals surface area contributed by atoms with Gasteiger partial charge in [-0.1, -0.05) is 49.2 Å². The fraction of sp³-hybridized carbons (Fsp3) is 0.333. The first kappa shape index (κ1) is 17.0. The highest BCUT2D eigenvalue weighted by molar-refractivity contribution is 6.42. The zero-order valence-corrected chi connectivity index (χ0v) is 14.4. The van der Waals surface area contributed by atoms with Gasteiger partial charge in [-0.2, -0.15) is 0 Å². The maximum absolute atomic E-state index is 6.00. The minimum Gasteiger partial charge on any atom is -0.494 e. The van der Waals surface area contributed by atoms with E-state index in [-0.39, 0.29) is 0 Å². The maximum Gasteiger partial charge on any atom is 0.119 e. The largest absolute Gasteiger partial charge is 0.494 e. The van der Waals surface area contributed by atoms with Crippen molar-refractivity contribution in [3.05, 3.63) is 58.1 Å². The van der Waals surface area contributed by atoms with E-state index in [2.05, 4.69) is 31.3 Å². The van der Waals surface area contributed by atoms with Crippen LogP contribution in [0.15, 0.2) is 42.5 Å². The van der Waals surface area contributed by atoms with Gasteiger partial charge in [0.05, 0.1) is 16.7 Å². The highest BCUT2D eigenvalue weighted by Gasteiger charge is 2.01. The Labute approximate surface area is 142 Å². The number of rotatable bonds is 7. The summed E-state index contributed by atoms with van der Waals surface area (Å²) in [7, 11) is 0. The van der Waals surface area contributed by atoms with Crippen LogP contribution in [0.1, 0.15) is 25.8 Å². The molecule has 0 spiro atoms. The lowest BCUT2D eigenvalue weighted by atomic mass is 10.1. The Morgan fingerprint density at radius 3 is 2.36 bits per heavy atom. The van der Waals surface area contributed by atoms with E-state index in [1.54, 1.807) is 6.07 Å². The third kappa shape index (κ3) is 5.43. The van der Waals surface area contributed by atoms with Crippen LogP contribution >= 0.6 is 23.2 Å². The van der Waals surface area contributed by atoms with E-state index in [0.717, 1.165) is 31.0 Å². The second-order valence-corrected chi connectivity index (χ2v) is 6.47. The normalized spacial score (nSPS) is 10.8. The molecule has 0 fully saturated rings. The Morgan fingerprint density at radius 1 is 1.00 bits per heavy atom. The molecule has 0 saturated heterocycles. The third-order valence-electron chi connectivity index (χ3n) is 3.30. The topological polar surface area (TPSA) is 21.3 Å². The van der Waals surface area contributed by atoms with Crippen LogP contribution < -0.4 is 10.1 Å². The molecule has 0 saturated carbocycles. The van der Waals surface area contributed by atoms with E-state index in [0.29, 0.717) is 16.0 Å². The van der Waals surface area contributed by atoms with Crippen molar-refractivity contribution < 1.29 is 4.74 Å². The van der Waals surface area contributed by atoms with Crippen molar-refractivity contribution in [3.63, 3.8) is 0 Å². The number of ether oxygens (including phenoxy) is 1. The molecule has 0 amide bonds. The summed E-state index contributed by atoms with van der Waals surface area (Å²) in [6.07, 6.45) is 1.07. The van der Waals surface area contributed by atoms with Gasteiger partial charge in [0.25, 0.3) is 0 Å². The molecular weight excluding hydrogens is 317 g/mol. The average molecular weight is 338 g/mol. The fourth-order valence-corrected chi connectivity index (χ4v) is 2.22. The summed E-state index contributed by atoms with van der Waals surface area (Å²) in [5.41, 5.74) is 2.13. The number of nitrogens with one attached hydrogen (secondary N) is 1. The van der Waals surface area contributed by atoms with Crippen LogP contribution in [0, 0.1) is 5.92 Å². The molecule has 0 heterocycles. The van der Waals surface area contributed by atoms with Crippen LogP contribution in [0.5, 0.6) is 5.75 Å². The first-order valence-corrected chi connectivity index (χ1v) is 8.21. The summed E-state index contributed by atoms with van der Waals surface area (Å²) in [4.78, 5) is 0. The van der Waals surface area contributed by atoms with Gasteiger partial charge >= 0.3 is 0 Å². The summed E-state index contributed by atoms with van der Waals surface area (Å²) in [6, 6.07) is 13.7. The van der Waals surface area contributed by atoms with Gasteiger partial charge in [0.1, 0.15) is 5.75 Å². The summed E-state index contributed by atoms with van der Waals surface area (Å²) >= 11 is 11.9. The van der Waals surface area contributed by atoms with E-state index in [1.165, 1.54) is 5.56 Å². The van der Waals surface area contributed by atoms with E-state index in [4.69, 9.17) is 27.9 Å². The molecule has 1 N–H and O–H groups in total. The van der Waals surface area contributed by atoms with Crippen molar-refractivity contribution in [2.75, 3.05) is 11.9 Å². The first-order chi connectivity index (χ1) is 10.5. The second-order valence-electron chi connectivity index (χ2n) is 5.66. The van der Waals surface area contributed by atoms with Crippen molar-refractivity contribution in [3.8, 4) is 5.75 Å². The Kier molecular flexibility index (Phi) is 6.41. The number of anilines is 1. The van der Waals surface area contributed by atoms with Crippen molar-refractivity contribution >= 4 is 28.9 Å². The van der Waals surface area contributed by atoms with Crippen LogP contribution in [0.2, 0.25) is 10.0 Å². The van der Waals surface area contributed by atoms with Crippen molar-refractivity contribution in [2.45, 2.75) is 26.8 Å². The molecule has 2 rings (SSSR count). The first-order valence-electron chi connectivity index (χ1n) is 7.45. The van der Waals surface area contributed by atoms with Crippen molar-refractivity contribution in [1.82, 2.24) is 0 Å². The van der Waals surface area contributed by atoms with Crippen LogP contribution in [-0.2, 0) is 6.54 Å². The van der Waals surface area contributed by atoms with E-state index in [9.17, 15) is 0 Å². The Bertz CT molecular complexity index is 597. The van der Waals surface area contributed by atoms with Gasteiger partial charge in [-0.25, -0.2) is 0 Å². The molecule has 0 atom stereocenters. The zero-order valence-electron chi connectivity index (χ0n) is 12.9. The Hall–Kier alpha value is -1.38. The van der Waals surface area contributed by atoms with Crippen LogP contribution in [0.3, 0.4) is 0 Å². The maximum atomic E-state index is 6.00. The number of hydrogen-bond donors (Lipinski definition) is 1. The molecular formula is C18H21Cl2NO. The van der Waals surface area contributed by atoms with Gasteiger partial charge in [-0.15, -0.1) is 0 Å². The van der Waals surface area contributed by atoms with Crippen LogP contribution in [-0.4, -0.2) is 6.61 Å². The van der Waals surface area contributed by atoms with Gasteiger partial charge in [0.15, 0.2) is 0 Å². The summed E-state index contributed by atoms with van der Waals surface area (Å²) in [5.74, 6) is 1.58. The number of hydrogen-bond acceptors (Lipinski definition) is 2. The molecule has 2 nitrogen and oxygen atoms in total. The molecule has 0 aliphatic carbocycles. The molecule has 2 aromatic rings. The van der Waals surface area contributed by atoms with E-state index in [1.807, 2.05) is 24.3 Å². The molecule has 118 valence electrons. The fourth-order valence-electron chi connectivity index (χ4n) is 1.93. The molecule has 0 aliphatic rings. The van der Waals surface area contributed by atoms with Crippen molar-refractivity contribution in [1.29, 1.82) is 0 Å². The predicted octanol–water partition coefficient (Wildman–Crippen LogP) is 6.03. The predicted molar refractivity (Wildman–Crippen MR) is 95.2 cm³/mol. The Morgan fingerprint density at radius 2 is 1.73 bits per heavy atom. The lowest BCUT2D eigenvalue weighted by Crippen LogP contribution is -2.02. The van der Waals surface area contributed by atoms with Gasteiger partial charge in [-0.3, -0.25) is 0 Å². The average Bonchev–Trinajstić information content (AvgIpc) is 2.49. The summed E-state index contributed by atoms with van der Waals surface area (Å²) in [6.45, 7) is 5.88. The lowest BCUT2D eigenvalue weighted by Gasteiger charge is -2.10. The van der Waals surface area contributed by atoms with Crippen LogP contribution in [0.25, 0.3) is 0 Å². The van der Waals surface area contributed by atoms with Gasteiger partial charge in [0, 0.05) is 12.2 Å². The summed E-state index contributed by atoms with van der Waals surface area (Å²) < 4.78 is 5.71. The third-order valence-corrected chi connectivity index (χ3v) is 4.04. The highest BCUT2D eigenvalue weighted by atomic mass is 35.5. The molecule has 0 radical (unpaired) electrons. The second kappa shape index (κ2) is 8.30. The number of benzene rings is 2. The molecule has 0 bridgehead atoms. The molecule has 2 aromatic carbocycles. The van der Waals surface area contributed by atoms with E-state index < -0.39 is 0 Å². The SMILES string of the molecule is CC(C)CCOc1ccc(CNc2ccc(Cl)c(Cl)c2)cc1. The number of halogens is 2. The zero-order chi connectivity index (χ0) is 15.9. The monoisotopic (exact) mass is 337 g/mol. The van der Waals surface area contributed by atoms with Gasteiger partial charge in [0.2, 0.25) is 0 Å².